The molecule has 5 nitrogen and oxygen atoms in total. The van der Waals surface area contributed by atoms with Crippen molar-refractivity contribution in [3.05, 3.63) is 18.2 Å². The number of likely N-dealkylation sites (tertiary alicyclic amines) is 1. The van der Waals surface area contributed by atoms with Gasteiger partial charge in [-0.1, -0.05) is 0 Å². The molecule has 18 heavy (non-hydrogen) atoms. The van der Waals surface area contributed by atoms with E-state index in [2.05, 4.69) is 21.5 Å². The van der Waals surface area contributed by atoms with Crippen LogP contribution in [0.1, 0.15) is 12.5 Å². The van der Waals surface area contributed by atoms with Crippen molar-refractivity contribution in [2.24, 2.45) is 0 Å². The van der Waals surface area contributed by atoms with Gasteiger partial charge in [-0.15, -0.1) is 0 Å². The van der Waals surface area contributed by atoms with Crippen LogP contribution in [0.2, 0.25) is 0 Å². The largest absolute Gasteiger partial charge is 0.497 e. The normalized spacial score (nSPS) is 20.7. The monoisotopic (exact) mass is 246 g/mol. The van der Waals surface area contributed by atoms with Crippen molar-refractivity contribution in [1.82, 2.24) is 14.5 Å². The Bertz CT molecular complexity index is 578. The molecule has 5 heteroatoms. The summed E-state index contributed by atoms with van der Waals surface area (Å²) in [6.07, 6.45) is 1.11. The number of fused-ring (bicyclic) bond motifs is 1. The highest BCUT2D eigenvalue weighted by atomic mass is 16.5. The molecular formula is C13H18N4O. The summed E-state index contributed by atoms with van der Waals surface area (Å²) in [5.41, 5.74) is 8.06. The number of imidazole rings is 1. The second kappa shape index (κ2) is 4.17. The number of nitrogens with zero attached hydrogens (tertiary/aromatic N) is 3. The van der Waals surface area contributed by atoms with Crippen LogP contribution < -0.4 is 10.5 Å². The molecule has 0 bridgehead atoms. The van der Waals surface area contributed by atoms with Crippen molar-refractivity contribution in [2.75, 3.05) is 33.0 Å². The lowest BCUT2D eigenvalue weighted by Gasteiger charge is -2.15. The Hall–Kier alpha value is -1.75. The molecule has 2 aromatic rings. The standard InChI is InChI=1S/C13H18N4O/c1-16-6-5-9(8-16)17-12-7-10(18-2)3-4-11(12)15-13(17)14/h3-4,7,9H,5-6,8H2,1-2H3,(H2,14,15). The SMILES string of the molecule is COc1ccc2nc(N)n(C3CCN(C)C3)c2c1. The number of hydrogen-bond donors (Lipinski definition) is 1. The van der Waals surface area contributed by atoms with Gasteiger partial charge in [-0.05, 0) is 32.1 Å². The molecule has 2 heterocycles. The number of benzene rings is 1. The van der Waals surface area contributed by atoms with Crippen LogP contribution in [0.25, 0.3) is 11.0 Å². The first-order valence-electron chi connectivity index (χ1n) is 6.19. The predicted molar refractivity (Wildman–Crippen MR) is 71.8 cm³/mol. The molecule has 1 aliphatic heterocycles. The average Bonchev–Trinajstić information content (AvgIpc) is 2.90. The van der Waals surface area contributed by atoms with Gasteiger partial charge in [0.2, 0.25) is 5.95 Å². The lowest BCUT2D eigenvalue weighted by Crippen LogP contribution is -2.17. The maximum atomic E-state index is 6.06. The summed E-state index contributed by atoms with van der Waals surface area (Å²) >= 11 is 0. The van der Waals surface area contributed by atoms with Crippen LogP contribution in [0, 0.1) is 0 Å². The van der Waals surface area contributed by atoms with Gasteiger partial charge in [0.05, 0.1) is 24.2 Å². The fourth-order valence-electron chi connectivity index (χ4n) is 2.72. The maximum Gasteiger partial charge on any atom is 0.201 e. The van der Waals surface area contributed by atoms with Crippen LogP contribution in [-0.4, -0.2) is 41.7 Å². The summed E-state index contributed by atoms with van der Waals surface area (Å²) in [6, 6.07) is 6.29. The van der Waals surface area contributed by atoms with Gasteiger partial charge in [0.15, 0.2) is 0 Å². The van der Waals surface area contributed by atoms with Crippen LogP contribution >= 0.6 is 0 Å². The highest BCUT2D eigenvalue weighted by Gasteiger charge is 2.24. The lowest BCUT2D eigenvalue weighted by atomic mass is 10.2. The molecule has 0 amide bonds. The molecule has 1 aromatic carbocycles. The van der Waals surface area contributed by atoms with E-state index in [1.54, 1.807) is 7.11 Å². The van der Waals surface area contributed by atoms with Gasteiger partial charge in [0.25, 0.3) is 0 Å². The third-order valence-electron chi connectivity index (χ3n) is 3.66. The Kier molecular flexibility index (Phi) is 2.63. The number of hydrogen-bond acceptors (Lipinski definition) is 4. The molecule has 3 rings (SSSR count). The first kappa shape index (κ1) is 11.3. The van der Waals surface area contributed by atoms with E-state index >= 15 is 0 Å². The zero-order chi connectivity index (χ0) is 12.7. The van der Waals surface area contributed by atoms with E-state index in [9.17, 15) is 0 Å². The number of rotatable bonds is 2. The third kappa shape index (κ3) is 1.71. The molecule has 0 spiro atoms. The zero-order valence-corrected chi connectivity index (χ0v) is 10.8. The summed E-state index contributed by atoms with van der Waals surface area (Å²) in [6.45, 7) is 2.13. The van der Waals surface area contributed by atoms with Gasteiger partial charge in [0.1, 0.15) is 5.75 Å². The molecule has 2 N–H and O–H groups in total. The molecular weight excluding hydrogens is 228 g/mol. The van der Waals surface area contributed by atoms with E-state index in [4.69, 9.17) is 10.5 Å². The predicted octanol–water partition coefficient (Wildman–Crippen LogP) is 1.50. The Morgan fingerprint density at radius 3 is 2.94 bits per heavy atom. The van der Waals surface area contributed by atoms with Crippen LogP contribution in [0.15, 0.2) is 18.2 Å². The first-order chi connectivity index (χ1) is 8.69. The third-order valence-corrected chi connectivity index (χ3v) is 3.66. The van der Waals surface area contributed by atoms with Crippen LogP contribution in [-0.2, 0) is 0 Å². The van der Waals surface area contributed by atoms with Crippen LogP contribution in [0.4, 0.5) is 5.95 Å². The molecule has 1 atom stereocenters. The molecule has 1 saturated heterocycles. The molecule has 1 unspecified atom stereocenters. The van der Waals surface area contributed by atoms with Crippen molar-refractivity contribution in [3.63, 3.8) is 0 Å². The van der Waals surface area contributed by atoms with E-state index in [1.165, 1.54) is 0 Å². The van der Waals surface area contributed by atoms with Gasteiger partial charge in [-0.3, -0.25) is 0 Å². The minimum absolute atomic E-state index is 0.409. The summed E-state index contributed by atoms with van der Waals surface area (Å²) in [4.78, 5) is 6.74. The van der Waals surface area contributed by atoms with Crippen molar-refractivity contribution in [2.45, 2.75) is 12.5 Å². The van der Waals surface area contributed by atoms with Gasteiger partial charge in [0, 0.05) is 12.6 Å². The lowest BCUT2D eigenvalue weighted by molar-refractivity contribution is 0.395. The van der Waals surface area contributed by atoms with Crippen molar-refractivity contribution in [3.8, 4) is 5.75 Å². The Labute approximate surface area is 106 Å². The van der Waals surface area contributed by atoms with E-state index in [-0.39, 0.29) is 0 Å². The number of nitrogen functional groups attached to an aromatic ring is 1. The van der Waals surface area contributed by atoms with E-state index < -0.39 is 0 Å². The molecule has 1 aliphatic rings. The Morgan fingerprint density at radius 2 is 2.28 bits per heavy atom. The fourth-order valence-corrected chi connectivity index (χ4v) is 2.72. The van der Waals surface area contributed by atoms with Crippen molar-refractivity contribution >= 4 is 17.0 Å². The highest BCUT2D eigenvalue weighted by molar-refractivity contribution is 5.80. The second-order valence-electron chi connectivity index (χ2n) is 4.90. The van der Waals surface area contributed by atoms with Gasteiger partial charge < -0.3 is 19.9 Å². The van der Waals surface area contributed by atoms with Crippen molar-refractivity contribution in [1.29, 1.82) is 0 Å². The molecule has 1 aromatic heterocycles. The van der Waals surface area contributed by atoms with E-state index in [0.29, 0.717) is 12.0 Å². The first-order valence-corrected chi connectivity index (χ1v) is 6.19. The quantitative estimate of drug-likeness (QED) is 0.872. The summed E-state index contributed by atoms with van der Waals surface area (Å²) in [5, 5.41) is 0. The highest BCUT2D eigenvalue weighted by Crippen LogP contribution is 2.30. The molecule has 0 radical (unpaired) electrons. The average molecular weight is 246 g/mol. The Balaban J connectivity index is 2.11. The van der Waals surface area contributed by atoms with Crippen molar-refractivity contribution < 1.29 is 4.74 Å². The fraction of sp³-hybridized carbons (Fsp3) is 0.462. The number of methoxy groups -OCH3 is 1. The van der Waals surface area contributed by atoms with Gasteiger partial charge in [-0.25, -0.2) is 4.98 Å². The number of aromatic nitrogens is 2. The smallest absolute Gasteiger partial charge is 0.201 e. The molecule has 96 valence electrons. The number of likely N-dealkylation sites (N-methyl/N-ethyl adjacent to an activating group) is 1. The second-order valence-corrected chi connectivity index (χ2v) is 4.90. The minimum Gasteiger partial charge on any atom is -0.497 e. The van der Waals surface area contributed by atoms with Crippen LogP contribution in [0.3, 0.4) is 0 Å². The number of nitrogens with two attached hydrogens (primary N) is 1. The molecule has 1 fully saturated rings. The zero-order valence-electron chi connectivity index (χ0n) is 10.8. The summed E-state index contributed by atoms with van der Waals surface area (Å²) in [5.74, 6) is 1.44. The summed E-state index contributed by atoms with van der Waals surface area (Å²) < 4.78 is 7.42. The number of anilines is 1. The Morgan fingerprint density at radius 1 is 1.44 bits per heavy atom. The van der Waals surface area contributed by atoms with Gasteiger partial charge in [-0.2, -0.15) is 0 Å². The van der Waals surface area contributed by atoms with Gasteiger partial charge >= 0.3 is 0 Å². The topological polar surface area (TPSA) is 56.3 Å². The molecule has 0 saturated carbocycles. The number of ether oxygens (including phenoxy) is 1. The van der Waals surface area contributed by atoms with Crippen LogP contribution in [0.5, 0.6) is 5.75 Å². The summed E-state index contributed by atoms with van der Waals surface area (Å²) in [7, 11) is 3.81. The minimum atomic E-state index is 0.409. The maximum absolute atomic E-state index is 6.06. The van der Waals surface area contributed by atoms with E-state index in [0.717, 1.165) is 36.3 Å². The molecule has 0 aliphatic carbocycles. The van der Waals surface area contributed by atoms with E-state index in [1.807, 2.05) is 18.2 Å².